The predicted molar refractivity (Wildman–Crippen MR) is 98.8 cm³/mol. The number of hydrogen-bond donors (Lipinski definition) is 0. The van der Waals surface area contributed by atoms with Gasteiger partial charge in [-0.15, -0.1) is 0 Å². The smallest absolute Gasteiger partial charge is 0.0794 e. The first kappa shape index (κ1) is 12.3. The fourth-order valence-corrected chi connectivity index (χ4v) is 4.08. The summed E-state index contributed by atoms with van der Waals surface area (Å²) in [4.78, 5) is 4.90. The van der Waals surface area contributed by atoms with Gasteiger partial charge in [0.2, 0.25) is 0 Å². The van der Waals surface area contributed by atoms with E-state index >= 15 is 0 Å². The second-order valence-corrected chi connectivity index (χ2v) is 6.44. The lowest BCUT2D eigenvalue weighted by Gasteiger charge is -2.05. The minimum absolute atomic E-state index is 1.08. The van der Waals surface area contributed by atoms with Gasteiger partial charge in [-0.25, -0.2) is 4.99 Å². The van der Waals surface area contributed by atoms with Crippen LogP contribution in [0.2, 0.25) is 0 Å². The van der Waals surface area contributed by atoms with Crippen molar-refractivity contribution in [2.24, 2.45) is 4.99 Å². The molecule has 1 aliphatic carbocycles. The van der Waals surface area contributed by atoms with E-state index in [2.05, 4.69) is 78.9 Å². The van der Waals surface area contributed by atoms with Crippen LogP contribution in [0.5, 0.6) is 0 Å². The molecule has 0 amide bonds. The molecule has 1 heteroatoms. The quantitative estimate of drug-likeness (QED) is 0.389. The molecule has 24 heavy (non-hydrogen) atoms. The van der Waals surface area contributed by atoms with E-state index in [9.17, 15) is 0 Å². The Morgan fingerprint density at radius 2 is 1.29 bits per heavy atom. The maximum atomic E-state index is 4.90. The molecule has 1 heterocycles. The SMILES string of the molecule is C1=c2c(ccc3c4c(ccc23)-c2ccccc2N=4)-c2ccccc21. The van der Waals surface area contributed by atoms with Gasteiger partial charge in [0.25, 0.3) is 0 Å². The van der Waals surface area contributed by atoms with E-state index in [1.807, 2.05) is 0 Å². The van der Waals surface area contributed by atoms with Gasteiger partial charge < -0.3 is 0 Å². The molecule has 4 aromatic rings. The fraction of sp³-hybridized carbons (Fsp3) is 0. The summed E-state index contributed by atoms with van der Waals surface area (Å²) in [5.41, 5.74) is 7.52. The van der Waals surface area contributed by atoms with E-state index in [4.69, 9.17) is 4.99 Å². The van der Waals surface area contributed by atoms with Gasteiger partial charge in [0.15, 0.2) is 0 Å². The number of hydrogen-bond acceptors (Lipinski definition) is 1. The molecule has 1 aliphatic heterocycles. The van der Waals surface area contributed by atoms with E-state index in [1.165, 1.54) is 43.8 Å². The van der Waals surface area contributed by atoms with Crippen LogP contribution in [0.3, 0.4) is 0 Å². The van der Waals surface area contributed by atoms with Gasteiger partial charge in [0.1, 0.15) is 0 Å². The Kier molecular flexibility index (Phi) is 2.15. The molecule has 0 atom stereocenters. The van der Waals surface area contributed by atoms with E-state index in [0.717, 1.165) is 11.0 Å². The third kappa shape index (κ3) is 1.42. The third-order valence-corrected chi connectivity index (χ3v) is 5.19. The van der Waals surface area contributed by atoms with Crippen molar-refractivity contribution in [1.29, 1.82) is 0 Å². The van der Waals surface area contributed by atoms with Crippen LogP contribution < -0.4 is 10.6 Å². The van der Waals surface area contributed by atoms with Crippen molar-refractivity contribution < 1.29 is 0 Å². The van der Waals surface area contributed by atoms with Crippen LogP contribution in [0.15, 0.2) is 77.8 Å². The van der Waals surface area contributed by atoms with Crippen molar-refractivity contribution >= 4 is 22.5 Å². The highest BCUT2D eigenvalue weighted by molar-refractivity contribution is 5.98. The molecule has 0 N–H and O–H groups in total. The normalized spacial score (nSPS) is 12.8. The summed E-state index contributed by atoms with van der Waals surface area (Å²) >= 11 is 0. The van der Waals surface area contributed by atoms with Gasteiger partial charge in [-0.2, -0.15) is 0 Å². The minimum Gasteiger partial charge on any atom is -0.247 e. The monoisotopic (exact) mass is 303 g/mol. The standard InChI is InChI=1S/C23H13N/c1-2-6-15-14(5-1)13-21-16(15)9-11-19-17(21)10-12-20-18-7-3-4-8-22(18)24-23(19)20/h1-13H. The van der Waals surface area contributed by atoms with Crippen LogP contribution in [0.1, 0.15) is 5.56 Å². The van der Waals surface area contributed by atoms with E-state index in [0.29, 0.717) is 0 Å². The molecule has 4 aromatic carbocycles. The second-order valence-electron chi connectivity index (χ2n) is 6.44. The summed E-state index contributed by atoms with van der Waals surface area (Å²) < 4.78 is 0. The van der Waals surface area contributed by atoms with Gasteiger partial charge in [-0.05, 0) is 39.4 Å². The van der Waals surface area contributed by atoms with Crippen LogP contribution in [0.4, 0.5) is 5.69 Å². The molecule has 0 aromatic heterocycles. The van der Waals surface area contributed by atoms with E-state index < -0.39 is 0 Å². The maximum absolute atomic E-state index is 4.90. The summed E-state index contributed by atoms with van der Waals surface area (Å²) in [6.07, 6.45) is 2.31. The zero-order valence-electron chi connectivity index (χ0n) is 13.0. The summed E-state index contributed by atoms with van der Waals surface area (Å²) in [5.74, 6) is 0. The predicted octanol–water partition coefficient (Wildman–Crippen LogP) is 4.58. The van der Waals surface area contributed by atoms with Crippen LogP contribution >= 0.6 is 0 Å². The Labute approximate surface area is 139 Å². The fourth-order valence-electron chi connectivity index (χ4n) is 4.08. The molecule has 110 valence electrons. The topological polar surface area (TPSA) is 12.4 Å². The average Bonchev–Trinajstić information content (AvgIpc) is 3.20. The summed E-state index contributed by atoms with van der Waals surface area (Å²) in [5, 5.41) is 4.97. The van der Waals surface area contributed by atoms with Crippen LogP contribution in [-0.4, -0.2) is 0 Å². The lowest BCUT2D eigenvalue weighted by Crippen LogP contribution is -2.10. The van der Waals surface area contributed by atoms with E-state index in [-0.39, 0.29) is 0 Å². The molecule has 0 saturated heterocycles. The Hall–Kier alpha value is -3.19. The number of fused-ring (bicyclic) bond motifs is 9. The molecule has 2 aliphatic rings. The van der Waals surface area contributed by atoms with Crippen molar-refractivity contribution in [2.75, 3.05) is 0 Å². The van der Waals surface area contributed by atoms with Gasteiger partial charge in [0.05, 0.1) is 11.0 Å². The first-order valence-corrected chi connectivity index (χ1v) is 8.25. The Balaban J connectivity index is 1.76. The first-order valence-electron chi connectivity index (χ1n) is 8.25. The Morgan fingerprint density at radius 1 is 0.542 bits per heavy atom. The summed E-state index contributed by atoms with van der Waals surface area (Å²) in [6, 6.07) is 26.0. The second kappa shape index (κ2) is 4.21. The van der Waals surface area contributed by atoms with Gasteiger partial charge in [0, 0.05) is 16.5 Å². The van der Waals surface area contributed by atoms with Crippen molar-refractivity contribution in [2.45, 2.75) is 0 Å². The molecule has 0 bridgehead atoms. The largest absolute Gasteiger partial charge is 0.247 e. The number of rotatable bonds is 0. The van der Waals surface area contributed by atoms with E-state index in [1.54, 1.807) is 0 Å². The number of para-hydroxylation sites is 1. The Morgan fingerprint density at radius 3 is 2.25 bits per heavy atom. The van der Waals surface area contributed by atoms with Crippen LogP contribution in [0, 0.1) is 0 Å². The highest BCUT2D eigenvalue weighted by atomic mass is 14.8. The van der Waals surface area contributed by atoms with Gasteiger partial charge >= 0.3 is 0 Å². The van der Waals surface area contributed by atoms with Crippen molar-refractivity contribution in [1.82, 2.24) is 0 Å². The van der Waals surface area contributed by atoms with Crippen molar-refractivity contribution in [3.8, 4) is 22.3 Å². The van der Waals surface area contributed by atoms with Crippen molar-refractivity contribution in [3.63, 3.8) is 0 Å². The molecule has 0 fully saturated rings. The minimum atomic E-state index is 1.08. The summed E-state index contributed by atoms with van der Waals surface area (Å²) in [7, 11) is 0. The highest BCUT2D eigenvalue weighted by Gasteiger charge is 2.18. The average molecular weight is 303 g/mol. The zero-order valence-corrected chi connectivity index (χ0v) is 13.0. The Bertz CT molecular complexity index is 1190. The molecule has 0 saturated carbocycles. The molecule has 6 rings (SSSR count). The van der Waals surface area contributed by atoms with Gasteiger partial charge in [-0.1, -0.05) is 66.7 Å². The van der Waals surface area contributed by atoms with Crippen LogP contribution in [-0.2, 0) is 0 Å². The molecule has 0 spiro atoms. The molecular formula is C23H13N. The molecular weight excluding hydrogens is 290 g/mol. The van der Waals surface area contributed by atoms with Crippen LogP contribution in [0.25, 0.3) is 39.1 Å². The molecule has 0 radical (unpaired) electrons. The maximum Gasteiger partial charge on any atom is 0.0794 e. The van der Waals surface area contributed by atoms with Gasteiger partial charge in [-0.3, -0.25) is 0 Å². The molecule has 0 unspecified atom stereocenters. The summed E-state index contributed by atoms with van der Waals surface area (Å²) in [6.45, 7) is 0. The third-order valence-electron chi connectivity index (χ3n) is 5.19. The first-order chi connectivity index (χ1) is 11.9. The molecule has 1 nitrogen and oxygen atoms in total. The lowest BCUT2D eigenvalue weighted by molar-refractivity contribution is 1.45. The highest BCUT2D eigenvalue weighted by Crippen LogP contribution is 2.34. The van der Waals surface area contributed by atoms with Crippen molar-refractivity contribution in [3.05, 3.63) is 88.9 Å². The lowest BCUT2D eigenvalue weighted by atomic mass is 9.97. The number of benzene rings is 4. The number of nitrogens with zero attached hydrogens (tertiary/aromatic N) is 1. The zero-order chi connectivity index (χ0) is 15.7.